The molecule has 20 heavy (non-hydrogen) atoms. The molecule has 1 aromatic heterocycles. The molecule has 108 valence electrons. The lowest BCUT2D eigenvalue weighted by Crippen LogP contribution is -2.51. The number of likely N-dealkylation sites (tertiary alicyclic amines) is 1. The molecule has 1 aromatic rings. The maximum Gasteiger partial charge on any atom is 0.326 e. The molecular formula is C13H18N4O3. The van der Waals surface area contributed by atoms with Gasteiger partial charge in [-0.3, -0.25) is 0 Å². The number of aromatic nitrogens is 2. The summed E-state index contributed by atoms with van der Waals surface area (Å²) in [6.07, 6.45) is 4.36. The maximum atomic E-state index is 12.5. The highest BCUT2D eigenvalue weighted by Gasteiger charge is 2.41. The second-order valence-electron chi connectivity index (χ2n) is 5.48. The van der Waals surface area contributed by atoms with Crippen molar-refractivity contribution in [3.05, 3.63) is 18.2 Å². The van der Waals surface area contributed by atoms with E-state index in [2.05, 4.69) is 4.98 Å². The third-order valence-electron chi connectivity index (χ3n) is 4.21. The molecule has 2 atom stereocenters. The molecule has 0 spiro atoms. The van der Waals surface area contributed by atoms with Crippen LogP contribution >= 0.6 is 0 Å². The Labute approximate surface area is 116 Å². The van der Waals surface area contributed by atoms with E-state index in [-0.39, 0.29) is 11.9 Å². The van der Waals surface area contributed by atoms with E-state index in [4.69, 9.17) is 0 Å². The third-order valence-corrected chi connectivity index (χ3v) is 4.21. The van der Waals surface area contributed by atoms with E-state index in [1.54, 1.807) is 11.1 Å². The summed E-state index contributed by atoms with van der Waals surface area (Å²) in [5, 5.41) is 9.30. The van der Waals surface area contributed by atoms with Gasteiger partial charge in [0, 0.05) is 32.0 Å². The lowest BCUT2D eigenvalue weighted by atomic mass is 10.0. The van der Waals surface area contributed by atoms with Crippen molar-refractivity contribution in [3.63, 3.8) is 0 Å². The Bertz CT molecular complexity index is 541. The van der Waals surface area contributed by atoms with Crippen molar-refractivity contribution in [2.24, 2.45) is 5.92 Å². The van der Waals surface area contributed by atoms with Gasteiger partial charge < -0.3 is 19.5 Å². The lowest BCUT2D eigenvalue weighted by molar-refractivity contribution is -0.142. The standard InChI is InChI=1S/C13H18N4O3/c1-9-2-4-17(11(9)12(18)19)13(20)16-7-6-15-5-3-14-10(15)8-16/h3,5,9,11H,2,4,6-8H2,1H3,(H,18,19). The van der Waals surface area contributed by atoms with Gasteiger partial charge in [-0.2, -0.15) is 0 Å². The van der Waals surface area contributed by atoms with Crippen LogP contribution in [-0.4, -0.2) is 55.6 Å². The first kappa shape index (κ1) is 13.0. The molecule has 1 fully saturated rings. The van der Waals surface area contributed by atoms with Gasteiger partial charge in [0.2, 0.25) is 0 Å². The zero-order valence-corrected chi connectivity index (χ0v) is 11.4. The molecule has 0 saturated carbocycles. The molecule has 3 heterocycles. The van der Waals surface area contributed by atoms with Crippen LogP contribution in [0.15, 0.2) is 12.4 Å². The minimum absolute atomic E-state index is 0.00299. The summed E-state index contributed by atoms with van der Waals surface area (Å²) < 4.78 is 2.02. The minimum atomic E-state index is -0.915. The SMILES string of the molecule is CC1CCN(C(=O)N2CCn3ccnc3C2)C1C(=O)O. The number of carbonyl (C=O) groups is 2. The fourth-order valence-corrected chi connectivity index (χ4v) is 3.06. The van der Waals surface area contributed by atoms with Crippen molar-refractivity contribution in [1.29, 1.82) is 0 Å². The first-order valence-corrected chi connectivity index (χ1v) is 6.86. The summed E-state index contributed by atoms with van der Waals surface area (Å²) >= 11 is 0. The Morgan fingerprint density at radius 1 is 1.35 bits per heavy atom. The summed E-state index contributed by atoms with van der Waals surface area (Å²) in [5.74, 6) is -0.0613. The van der Waals surface area contributed by atoms with E-state index in [0.717, 1.165) is 12.2 Å². The first-order chi connectivity index (χ1) is 9.58. The fourth-order valence-electron chi connectivity index (χ4n) is 3.06. The smallest absolute Gasteiger partial charge is 0.326 e. The van der Waals surface area contributed by atoms with Crippen LogP contribution in [0, 0.1) is 5.92 Å². The van der Waals surface area contributed by atoms with E-state index in [9.17, 15) is 14.7 Å². The molecule has 0 aromatic carbocycles. The van der Waals surface area contributed by atoms with Gasteiger partial charge in [0.05, 0.1) is 6.54 Å². The first-order valence-electron chi connectivity index (χ1n) is 6.86. The Morgan fingerprint density at radius 2 is 2.15 bits per heavy atom. The van der Waals surface area contributed by atoms with Crippen LogP contribution in [0.5, 0.6) is 0 Å². The van der Waals surface area contributed by atoms with Crippen molar-refractivity contribution >= 4 is 12.0 Å². The van der Waals surface area contributed by atoms with E-state index in [1.807, 2.05) is 17.7 Å². The quantitative estimate of drug-likeness (QED) is 0.816. The third kappa shape index (κ3) is 2.03. The number of carboxylic acids is 1. The number of hydrogen-bond acceptors (Lipinski definition) is 3. The molecule has 2 unspecified atom stereocenters. The van der Waals surface area contributed by atoms with Crippen LogP contribution in [0.25, 0.3) is 0 Å². The summed E-state index contributed by atoms with van der Waals surface area (Å²) in [6.45, 7) is 4.15. The lowest BCUT2D eigenvalue weighted by Gasteiger charge is -2.33. The molecule has 7 nitrogen and oxygen atoms in total. The van der Waals surface area contributed by atoms with Crippen molar-refractivity contribution in [2.45, 2.75) is 32.5 Å². The van der Waals surface area contributed by atoms with E-state index >= 15 is 0 Å². The molecule has 0 radical (unpaired) electrons. The Morgan fingerprint density at radius 3 is 2.90 bits per heavy atom. The predicted molar refractivity (Wildman–Crippen MR) is 69.9 cm³/mol. The zero-order chi connectivity index (χ0) is 14.3. The predicted octanol–water partition coefficient (Wildman–Crippen LogP) is 0.614. The average molecular weight is 278 g/mol. The van der Waals surface area contributed by atoms with Crippen LogP contribution in [-0.2, 0) is 17.9 Å². The Kier molecular flexibility index (Phi) is 3.11. The number of carbonyl (C=O) groups excluding carboxylic acids is 1. The van der Waals surface area contributed by atoms with Crippen molar-refractivity contribution in [2.75, 3.05) is 13.1 Å². The molecule has 1 saturated heterocycles. The summed E-state index contributed by atoms with van der Waals surface area (Å²) in [4.78, 5) is 31.3. The molecule has 2 amide bonds. The van der Waals surface area contributed by atoms with Crippen LogP contribution in [0.2, 0.25) is 0 Å². The number of nitrogens with zero attached hydrogens (tertiary/aromatic N) is 4. The maximum absolute atomic E-state index is 12.5. The number of imidazole rings is 1. The molecule has 7 heteroatoms. The second kappa shape index (κ2) is 4.81. The normalized spacial score (nSPS) is 25.6. The highest BCUT2D eigenvalue weighted by molar-refractivity contribution is 5.83. The van der Waals surface area contributed by atoms with E-state index < -0.39 is 12.0 Å². The highest BCUT2D eigenvalue weighted by atomic mass is 16.4. The van der Waals surface area contributed by atoms with Gasteiger partial charge in [-0.1, -0.05) is 6.92 Å². The summed E-state index contributed by atoms with van der Waals surface area (Å²) in [5.41, 5.74) is 0. The fraction of sp³-hybridized carbons (Fsp3) is 0.615. The van der Waals surface area contributed by atoms with Crippen LogP contribution in [0.3, 0.4) is 0 Å². The molecule has 0 bridgehead atoms. The van der Waals surface area contributed by atoms with Crippen LogP contribution < -0.4 is 0 Å². The largest absolute Gasteiger partial charge is 0.480 e. The Balaban J connectivity index is 1.75. The van der Waals surface area contributed by atoms with Gasteiger partial charge in [0.1, 0.15) is 11.9 Å². The van der Waals surface area contributed by atoms with Gasteiger partial charge in [-0.05, 0) is 12.3 Å². The second-order valence-corrected chi connectivity index (χ2v) is 5.48. The minimum Gasteiger partial charge on any atom is -0.480 e. The summed E-state index contributed by atoms with van der Waals surface area (Å²) in [6, 6.07) is -0.889. The highest BCUT2D eigenvalue weighted by Crippen LogP contribution is 2.26. The van der Waals surface area contributed by atoms with Gasteiger partial charge in [-0.25, -0.2) is 14.6 Å². The summed E-state index contributed by atoms with van der Waals surface area (Å²) in [7, 11) is 0. The number of aliphatic carboxylic acids is 1. The van der Waals surface area contributed by atoms with Gasteiger partial charge in [-0.15, -0.1) is 0 Å². The van der Waals surface area contributed by atoms with Crippen molar-refractivity contribution < 1.29 is 14.7 Å². The van der Waals surface area contributed by atoms with Crippen molar-refractivity contribution in [3.8, 4) is 0 Å². The monoisotopic (exact) mass is 278 g/mol. The van der Waals surface area contributed by atoms with Gasteiger partial charge in [0.25, 0.3) is 0 Å². The number of hydrogen-bond donors (Lipinski definition) is 1. The van der Waals surface area contributed by atoms with Crippen molar-refractivity contribution in [1.82, 2.24) is 19.4 Å². The van der Waals surface area contributed by atoms with Gasteiger partial charge in [0.15, 0.2) is 0 Å². The van der Waals surface area contributed by atoms with Crippen LogP contribution in [0.4, 0.5) is 4.79 Å². The number of rotatable bonds is 1. The number of carboxylic acid groups (broad SMARTS) is 1. The molecule has 1 N–H and O–H groups in total. The number of fused-ring (bicyclic) bond motifs is 1. The molecule has 2 aliphatic rings. The molecule has 2 aliphatic heterocycles. The number of amides is 2. The average Bonchev–Trinajstić information content (AvgIpc) is 3.02. The zero-order valence-electron chi connectivity index (χ0n) is 11.4. The number of urea groups is 1. The molecule has 0 aliphatic carbocycles. The van der Waals surface area contributed by atoms with Crippen LogP contribution in [0.1, 0.15) is 19.2 Å². The molecule has 3 rings (SSSR count). The molecular weight excluding hydrogens is 260 g/mol. The topological polar surface area (TPSA) is 78.7 Å². The van der Waals surface area contributed by atoms with Gasteiger partial charge >= 0.3 is 12.0 Å². The van der Waals surface area contributed by atoms with E-state index in [1.165, 1.54) is 4.90 Å². The van der Waals surface area contributed by atoms with E-state index in [0.29, 0.717) is 26.2 Å². The Hall–Kier alpha value is -2.05.